The third kappa shape index (κ3) is 3.12. The van der Waals surface area contributed by atoms with Crippen LogP contribution in [0.15, 0.2) is 0 Å². The van der Waals surface area contributed by atoms with E-state index in [1.54, 1.807) is 23.6 Å². The molecule has 1 heterocycles. The molecule has 2 atom stereocenters. The number of hydrogen-bond acceptors (Lipinski definition) is 3. The molecule has 0 saturated carbocycles. The van der Waals surface area contributed by atoms with Gasteiger partial charge in [0.05, 0.1) is 0 Å². The average Bonchev–Trinajstić information content (AvgIpc) is 2.28. The van der Waals surface area contributed by atoms with Gasteiger partial charge in [-0.2, -0.15) is 11.8 Å². The van der Waals surface area contributed by atoms with Crippen molar-refractivity contribution < 1.29 is 9.59 Å². The first-order chi connectivity index (χ1) is 7.06. The fourth-order valence-electron chi connectivity index (χ4n) is 1.73. The lowest BCUT2D eigenvalue weighted by atomic mass is 10.2. The predicted octanol–water partition coefficient (Wildman–Crippen LogP) is 0.475. The lowest BCUT2D eigenvalue weighted by molar-refractivity contribution is -0.134. The molecule has 2 amide bonds. The van der Waals surface area contributed by atoms with E-state index in [4.69, 9.17) is 0 Å². The molecule has 5 heteroatoms. The second kappa shape index (κ2) is 5.39. The van der Waals surface area contributed by atoms with Crippen molar-refractivity contribution >= 4 is 23.6 Å². The van der Waals surface area contributed by atoms with Crippen molar-refractivity contribution in [3.05, 3.63) is 0 Å². The van der Waals surface area contributed by atoms with Gasteiger partial charge >= 0.3 is 0 Å². The number of thioether (sulfide) groups is 1. The summed E-state index contributed by atoms with van der Waals surface area (Å²) in [5.41, 5.74) is 0. The number of rotatable bonds is 3. The summed E-state index contributed by atoms with van der Waals surface area (Å²) in [4.78, 5) is 25.0. The second-order valence-corrected chi connectivity index (χ2v) is 4.79. The maximum Gasteiger partial charge on any atom is 0.245 e. The highest BCUT2D eigenvalue weighted by Gasteiger charge is 2.29. The molecule has 0 aromatic carbocycles. The molecule has 0 aromatic heterocycles. The van der Waals surface area contributed by atoms with Gasteiger partial charge in [0.1, 0.15) is 6.04 Å². The summed E-state index contributed by atoms with van der Waals surface area (Å²) in [5, 5.41) is 2.68. The largest absolute Gasteiger partial charge is 0.345 e. The van der Waals surface area contributed by atoms with Crippen LogP contribution >= 0.6 is 11.8 Å². The predicted molar refractivity (Wildman–Crippen MR) is 61.8 cm³/mol. The third-order valence-corrected chi connectivity index (χ3v) is 3.37. The van der Waals surface area contributed by atoms with Crippen LogP contribution in [0.1, 0.15) is 20.3 Å². The topological polar surface area (TPSA) is 49.4 Å². The fourth-order valence-corrected chi connectivity index (χ4v) is 2.39. The van der Waals surface area contributed by atoms with Gasteiger partial charge in [0, 0.05) is 24.8 Å². The number of hydrogen-bond donors (Lipinski definition) is 1. The van der Waals surface area contributed by atoms with Crippen LogP contribution in [-0.4, -0.2) is 47.4 Å². The molecule has 1 N–H and O–H groups in total. The zero-order valence-electron chi connectivity index (χ0n) is 9.45. The summed E-state index contributed by atoms with van der Waals surface area (Å²) in [7, 11) is 0. The molecule has 1 rings (SSSR count). The number of carbonyl (C=O) groups excluding carboxylic acids is 2. The molecule has 0 spiro atoms. The Morgan fingerprint density at radius 3 is 2.87 bits per heavy atom. The van der Waals surface area contributed by atoms with E-state index in [2.05, 4.69) is 5.32 Å². The van der Waals surface area contributed by atoms with E-state index < -0.39 is 0 Å². The summed E-state index contributed by atoms with van der Waals surface area (Å²) < 4.78 is 0. The summed E-state index contributed by atoms with van der Waals surface area (Å²) in [5.74, 6) is 0.907. The van der Waals surface area contributed by atoms with E-state index in [9.17, 15) is 9.59 Å². The van der Waals surface area contributed by atoms with E-state index in [-0.39, 0.29) is 23.9 Å². The third-order valence-electron chi connectivity index (χ3n) is 2.55. The van der Waals surface area contributed by atoms with Crippen LogP contribution in [0.3, 0.4) is 0 Å². The zero-order valence-corrected chi connectivity index (χ0v) is 10.3. The molecule has 0 bridgehead atoms. The summed E-state index contributed by atoms with van der Waals surface area (Å²) in [6, 6.07) is -0.188. The molecule has 1 saturated heterocycles. The maximum absolute atomic E-state index is 11.9. The second-order valence-electron chi connectivity index (χ2n) is 3.88. The number of amides is 2. The Bertz CT molecular complexity index is 258. The zero-order chi connectivity index (χ0) is 11.4. The fraction of sp³-hybridized carbons (Fsp3) is 0.800. The van der Waals surface area contributed by atoms with Crippen molar-refractivity contribution in [2.24, 2.45) is 0 Å². The molecule has 0 radical (unpaired) electrons. The van der Waals surface area contributed by atoms with Gasteiger partial charge in [-0.1, -0.05) is 0 Å². The van der Waals surface area contributed by atoms with Crippen LogP contribution in [0.2, 0.25) is 0 Å². The van der Waals surface area contributed by atoms with E-state index in [0.717, 1.165) is 5.75 Å². The highest BCUT2D eigenvalue weighted by atomic mass is 32.2. The first-order valence-electron chi connectivity index (χ1n) is 5.15. The van der Waals surface area contributed by atoms with Crippen LogP contribution in [0.5, 0.6) is 0 Å². The smallest absolute Gasteiger partial charge is 0.245 e. The van der Waals surface area contributed by atoms with Gasteiger partial charge < -0.3 is 10.2 Å². The Labute approximate surface area is 94.8 Å². The number of nitrogens with zero attached hydrogens (tertiary/aromatic N) is 1. The highest BCUT2D eigenvalue weighted by Crippen LogP contribution is 2.11. The van der Waals surface area contributed by atoms with E-state index in [1.807, 2.05) is 13.2 Å². The van der Waals surface area contributed by atoms with Gasteiger partial charge in [-0.3, -0.25) is 9.59 Å². The van der Waals surface area contributed by atoms with Crippen molar-refractivity contribution in [2.75, 3.05) is 18.6 Å². The van der Waals surface area contributed by atoms with Crippen LogP contribution in [0.25, 0.3) is 0 Å². The van der Waals surface area contributed by atoms with E-state index in [0.29, 0.717) is 13.0 Å². The summed E-state index contributed by atoms with van der Waals surface area (Å²) >= 11 is 1.72. The summed E-state index contributed by atoms with van der Waals surface area (Å²) in [6.45, 7) is 4.30. The molecular weight excluding hydrogens is 212 g/mol. The monoisotopic (exact) mass is 230 g/mol. The lowest BCUT2D eigenvalue weighted by Gasteiger charge is -2.28. The van der Waals surface area contributed by atoms with Crippen molar-refractivity contribution in [1.82, 2.24) is 10.2 Å². The minimum absolute atomic E-state index is 0.0300. The SMILES string of the molecule is CSCC(C)N1CCC(=O)NC(C)C1=O. The molecule has 1 aliphatic rings. The standard InChI is InChI=1S/C10H18N2O2S/c1-7(6-15-3)12-5-4-9(13)11-8(2)10(12)14/h7-8H,4-6H2,1-3H3,(H,11,13). The van der Waals surface area contributed by atoms with Gasteiger partial charge in [0.15, 0.2) is 0 Å². The highest BCUT2D eigenvalue weighted by molar-refractivity contribution is 7.98. The molecule has 1 aliphatic heterocycles. The molecule has 2 unspecified atom stereocenters. The van der Waals surface area contributed by atoms with Gasteiger partial charge in [0.25, 0.3) is 0 Å². The van der Waals surface area contributed by atoms with Gasteiger partial charge in [0.2, 0.25) is 11.8 Å². The molecule has 4 nitrogen and oxygen atoms in total. The lowest BCUT2D eigenvalue weighted by Crippen LogP contribution is -2.46. The Kier molecular flexibility index (Phi) is 4.45. The Morgan fingerprint density at radius 2 is 2.27 bits per heavy atom. The Hall–Kier alpha value is -0.710. The number of carbonyl (C=O) groups is 2. The molecule has 0 aromatic rings. The Morgan fingerprint density at radius 1 is 1.60 bits per heavy atom. The quantitative estimate of drug-likeness (QED) is 0.767. The van der Waals surface area contributed by atoms with Crippen LogP contribution in [0, 0.1) is 0 Å². The average molecular weight is 230 g/mol. The van der Waals surface area contributed by atoms with Crippen molar-refractivity contribution in [2.45, 2.75) is 32.4 Å². The molecule has 15 heavy (non-hydrogen) atoms. The van der Waals surface area contributed by atoms with Gasteiger partial charge in [-0.15, -0.1) is 0 Å². The van der Waals surface area contributed by atoms with Crippen molar-refractivity contribution in [3.8, 4) is 0 Å². The minimum atomic E-state index is -0.385. The van der Waals surface area contributed by atoms with Crippen LogP contribution in [-0.2, 0) is 9.59 Å². The van der Waals surface area contributed by atoms with Crippen LogP contribution < -0.4 is 5.32 Å². The maximum atomic E-state index is 11.9. The van der Waals surface area contributed by atoms with Gasteiger partial charge in [-0.25, -0.2) is 0 Å². The van der Waals surface area contributed by atoms with E-state index in [1.165, 1.54) is 0 Å². The number of nitrogens with one attached hydrogen (secondary N) is 1. The van der Waals surface area contributed by atoms with Crippen LogP contribution in [0.4, 0.5) is 0 Å². The molecule has 86 valence electrons. The minimum Gasteiger partial charge on any atom is -0.345 e. The normalized spacial score (nSPS) is 24.7. The van der Waals surface area contributed by atoms with Gasteiger partial charge in [-0.05, 0) is 20.1 Å². The van der Waals surface area contributed by atoms with Crippen molar-refractivity contribution in [3.63, 3.8) is 0 Å². The first kappa shape index (κ1) is 12.4. The first-order valence-corrected chi connectivity index (χ1v) is 6.54. The Balaban J connectivity index is 2.70. The van der Waals surface area contributed by atoms with Crippen molar-refractivity contribution in [1.29, 1.82) is 0 Å². The molecular formula is C10H18N2O2S. The summed E-state index contributed by atoms with van der Waals surface area (Å²) in [6.07, 6.45) is 2.43. The molecule has 1 fully saturated rings. The van der Waals surface area contributed by atoms with E-state index >= 15 is 0 Å². The molecule has 0 aliphatic carbocycles.